The number of carbonyl (C=O) groups excluding carboxylic acids is 2. The van der Waals surface area contributed by atoms with Crippen LogP contribution in [0.15, 0.2) is 0 Å². The van der Waals surface area contributed by atoms with Crippen LogP contribution in [-0.4, -0.2) is 69.5 Å². The molecule has 0 atom stereocenters. The highest BCUT2D eigenvalue weighted by atomic mass is 16.5. The fourth-order valence-electron chi connectivity index (χ4n) is 2.42. The Balaban J connectivity index is 4.43. The number of carboxylic acid groups (broad SMARTS) is 4. The quantitative estimate of drug-likeness (QED) is 0.450. The minimum Gasteiger partial charge on any atom is -0.478 e. The Kier molecular flexibility index (Phi) is 6.80. The normalized spacial score (nSPS) is 10.1. The summed E-state index contributed by atoms with van der Waals surface area (Å²) in [6, 6.07) is 0. The van der Waals surface area contributed by atoms with Crippen LogP contribution >= 0.6 is 0 Å². The number of benzene rings is 1. The lowest BCUT2D eigenvalue weighted by Gasteiger charge is -2.18. The predicted octanol–water partition coefficient (Wildman–Crippen LogP) is 0.833. The van der Waals surface area contributed by atoms with Crippen LogP contribution < -0.4 is 0 Å². The SMILES string of the molecule is CCOC(=O)c1c(C(=O)O)c(C(=O)O)c(C(=O)O)c(C(=O)O)c1C(=O)OCC. The Morgan fingerprint density at radius 3 is 0.929 bits per heavy atom. The first kappa shape index (κ1) is 22.1. The molecule has 0 fully saturated rings. The summed E-state index contributed by atoms with van der Waals surface area (Å²) in [5.41, 5.74) is -8.25. The van der Waals surface area contributed by atoms with Crippen molar-refractivity contribution in [2.45, 2.75) is 13.8 Å². The van der Waals surface area contributed by atoms with Crippen LogP contribution in [0.3, 0.4) is 0 Å². The van der Waals surface area contributed by atoms with Gasteiger partial charge in [-0.1, -0.05) is 0 Å². The summed E-state index contributed by atoms with van der Waals surface area (Å²) >= 11 is 0. The van der Waals surface area contributed by atoms with Crippen molar-refractivity contribution in [2.75, 3.05) is 13.2 Å². The molecule has 0 aliphatic carbocycles. The Hall–Kier alpha value is -3.96. The van der Waals surface area contributed by atoms with Crippen LogP contribution in [0, 0.1) is 0 Å². The molecule has 0 saturated heterocycles. The van der Waals surface area contributed by atoms with Gasteiger partial charge in [-0.2, -0.15) is 0 Å². The molecule has 150 valence electrons. The molecule has 0 bridgehead atoms. The van der Waals surface area contributed by atoms with Gasteiger partial charge in [0.25, 0.3) is 0 Å². The van der Waals surface area contributed by atoms with Crippen molar-refractivity contribution in [3.63, 3.8) is 0 Å². The second-order valence-corrected chi connectivity index (χ2v) is 4.91. The number of aromatic carboxylic acids is 4. The molecule has 0 heterocycles. The van der Waals surface area contributed by atoms with Gasteiger partial charge in [0.1, 0.15) is 0 Å². The highest BCUT2D eigenvalue weighted by Crippen LogP contribution is 2.31. The van der Waals surface area contributed by atoms with Gasteiger partial charge in [-0.15, -0.1) is 0 Å². The van der Waals surface area contributed by atoms with E-state index in [1.54, 1.807) is 0 Å². The minimum absolute atomic E-state index is 0.342. The fourth-order valence-corrected chi connectivity index (χ4v) is 2.42. The van der Waals surface area contributed by atoms with Crippen molar-refractivity contribution < 1.29 is 58.7 Å². The maximum atomic E-state index is 12.3. The van der Waals surface area contributed by atoms with Crippen LogP contribution in [0.5, 0.6) is 0 Å². The van der Waals surface area contributed by atoms with Gasteiger partial charge < -0.3 is 29.9 Å². The second kappa shape index (κ2) is 8.62. The van der Waals surface area contributed by atoms with Crippen molar-refractivity contribution in [3.05, 3.63) is 33.4 Å². The standard InChI is InChI=1S/C16H14O12/c1-3-27-15(25)9-7(13(21)22)5(11(17)18)6(12(19)20)8(14(23)24)10(9)16(26)28-4-2/h3-4H2,1-2H3,(H,17,18)(H,19,20)(H,21,22)(H,23,24). The molecule has 0 radical (unpaired) electrons. The van der Waals surface area contributed by atoms with Crippen molar-refractivity contribution in [1.29, 1.82) is 0 Å². The van der Waals surface area contributed by atoms with Crippen LogP contribution in [0.25, 0.3) is 0 Å². The van der Waals surface area contributed by atoms with Crippen molar-refractivity contribution in [2.24, 2.45) is 0 Å². The van der Waals surface area contributed by atoms with Crippen molar-refractivity contribution in [1.82, 2.24) is 0 Å². The maximum absolute atomic E-state index is 12.3. The molecule has 0 aromatic heterocycles. The van der Waals surface area contributed by atoms with E-state index in [4.69, 9.17) is 0 Å². The molecule has 4 N–H and O–H groups in total. The van der Waals surface area contributed by atoms with Crippen LogP contribution in [0.1, 0.15) is 76.0 Å². The molecule has 0 aliphatic rings. The van der Waals surface area contributed by atoms with E-state index in [2.05, 4.69) is 9.47 Å². The number of rotatable bonds is 8. The molecule has 1 aromatic rings. The van der Waals surface area contributed by atoms with Gasteiger partial charge >= 0.3 is 35.8 Å². The second-order valence-electron chi connectivity index (χ2n) is 4.91. The van der Waals surface area contributed by atoms with Crippen molar-refractivity contribution in [3.8, 4) is 0 Å². The monoisotopic (exact) mass is 398 g/mol. The number of carbonyl (C=O) groups is 6. The molecule has 0 aliphatic heterocycles. The summed E-state index contributed by atoms with van der Waals surface area (Å²) in [6.45, 7) is 1.94. The molecule has 0 amide bonds. The Morgan fingerprint density at radius 1 is 0.536 bits per heavy atom. The number of hydrogen-bond donors (Lipinski definition) is 4. The van der Waals surface area contributed by atoms with Gasteiger partial charge in [0.15, 0.2) is 0 Å². The number of hydrogen-bond acceptors (Lipinski definition) is 8. The van der Waals surface area contributed by atoms with E-state index in [9.17, 15) is 49.2 Å². The number of esters is 2. The zero-order chi connectivity index (χ0) is 21.8. The average Bonchev–Trinajstić information content (AvgIpc) is 2.58. The lowest BCUT2D eigenvalue weighted by Crippen LogP contribution is -2.29. The molecule has 1 rings (SSSR count). The Bertz CT molecular complexity index is 823. The van der Waals surface area contributed by atoms with Crippen molar-refractivity contribution >= 4 is 35.8 Å². The van der Waals surface area contributed by atoms with Crippen LogP contribution in [0.4, 0.5) is 0 Å². The van der Waals surface area contributed by atoms with Gasteiger partial charge in [-0.3, -0.25) is 0 Å². The average molecular weight is 398 g/mol. The third kappa shape index (κ3) is 3.90. The molecule has 1 aromatic carbocycles. The van der Waals surface area contributed by atoms with Gasteiger partial charge in [0, 0.05) is 0 Å². The van der Waals surface area contributed by atoms with Gasteiger partial charge in [-0.05, 0) is 13.8 Å². The topological polar surface area (TPSA) is 202 Å². The molecule has 12 heteroatoms. The van der Waals surface area contributed by atoms with Crippen LogP contribution in [-0.2, 0) is 9.47 Å². The minimum atomic E-state index is -2.14. The third-order valence-electron chi connectivity index (χ3n) is 3.31. The van der Waals surface area contributed by atoms with E-state index in [1.165, 1.54) is 13.8 Å². The molecule has 0 spiro atoms. The van der Waals surface area contributed by atoms with Gasteiger partial charge in [-0.25, -0.2) is 28.8 Å². The molecular formula is C16H14O12. The first-order valence-corrected chi connectivity index (χ1v) is 7.52. The maximum Gasteiger partial charge on any atom is 0.339 e. The summed E-state index contributed by atoms with van der Waals surface area (Å²) in [5, 5.41) is 37.5. The highest BCUT2D eigenvalue weighted by Gasteiger charge is 2.41. The molecular weight excluding hydrogens is 384 g/mol. The summed E-state index contributed by atoms with van der Waals surface area (Å²) in [7, 11) is 0. The Labute approximate surface area is 155 Å². The fraction of sp³-hybridized carbons (Fsp3) is 0.250. The smallest absolute Gasteiger partial charge is 0.339 e. The van der Waals surface area contributed by atoms with E-state index < -0.39 is 69.2 Å². The first-order valence-electron chi connectivity index (χ1n) is 7.52. The molecule has 0 unspecified atom stereocenters. The van der Waals surface area contributed by atoms with E-state index in [0.29, 0.717) is 0 Å². The molecule has 12 nitrogen and oxygen atoms in total. The number of carboxylic acids is 4. The van der Waals surface area contributed by atoms with Gasteiger partial charge in [0.05, 0.1) is 46.6 Å². The van der Waals surface area contributed by atoms with E-state index in [-0.39, 0.29) is 13.2 Å². The van der Waals surface area contributed by atoms with E-state index in [1.807, 2.05) is 0 Å². The Morgan fingerprint density at radius 2 is 0.750 bits per heavy atom. The summed E-state index contributed by atoms with van der Waals surface area (Å²) in [6.07, 6.45) is 0. The van der Waals surface area contributed by atoms with E-state index >= 15 is 0 Å². The predicted molar refractivity (Wildman–Crippen MR) is 86.2 cm³/mol. The lowest BCUT2D eigenvalue weighted by atomic mass is 9.86. The largest absolute Gasteiger partial charge is 0.478 e. The lowest BCUT2D eigenvalue weighted by molar-refractivity contribution is 0.0465. The molecule has 0 saturated carbocycles. The molecule has 28 heavy (non-hydrogen) atoms. The van der Waals surface area contributed by atoms with Crippen LogP contribution in [0.2, 0.25) is 0 Å². The summed E-state index contributed by atoms with van der Waals surface area (Å²) in [4.78, 5) is 71.1. The third-order valence-corrected chi connectivity index (χ3v) is 3.31. The highest BCUT2D eigenvalue weighted by molar-refractivity contribution is 6.23. The van der Waals surface area contributed by atoms with Gasteiger partial charge in [0.2, 0.25) is 0 Å². The zero-order valence-corrected chi connectivity index (χ0v) is 14.5. The summed E-state index contributed by atoms with van der Waals surface area (Å²) in [5.74, 6) is -11.5. The summed E-state index contributed by atoms with van der Waals surface area (Å²) < 4.78 is 9.23. The number of ether oxygens (including phenoxy) is 2. The first-order chi connectivity index (χ1) is 13.0. The van der Waals surface area contributed by atoms with E-state index in [0.717, 1.165) is 0 Å². The zero-order valence-electron chi connectivity index (χ0n) is 14.5.